The zero-order valence-corrected chi connectivity index (χ0v) is 14.2. The van der Waals surface area contributed by atoms with Gasteiger partial charge >= 0.3 is 5.69 Å². The Balaban J connectivity index is 1.91. The van der Waals surface area contributed by atoms with Crippen LogP contribution in [0.15, 0.2) is 41.6 Å². The quantitative estimate of drug-likeness (QED) is 0.737. The van der Waals surface area contributed by atoms with Gasteiger partial charge in [0.05, 0.1) is 24.3 Å². The Kier molecular flexibility index (Phi) is 4.46. The summed E-state index contributed by atoms with van der Waals surface area (Å²) in [5, 5.41) is 9.40. The van der Waals surface area contributed by atoms with E-state index in [9.17, 15) is 9.59 Å². The molecule has 0 spiro atoms. The molecule has 0 atom stereocenters. The first kappa shape index (κ1) is 16.6. The SMILES string of the molecule is CC(C)N(Cc1cncn1C)C(=O)c1cccc(-n2nn[nH]c2=O)c1. The highest BCUT2D eigenvalue weighted by molar-refractivity contribution is 5.94. The van der Waals surface area contributed by atoms with E-state index in [0.29, 0.717) is 17.8 Å². The number of nitrogens with zero attached hydrogens (tertiary/aromatic N) is 6. The third-order valence-corrected chi connectivity index (χ3v) is 3.94. The van der Waals surface area contributed by atoms with Crippen LogP contribution in [-0.2, 0) is 13.6 Å². The average molecular weight is 341 g/mol. The smallest absolute Gasteiger partial charge is 0.336 e. The van der Waals surface area contributed by atoms with E-state index in [1.54, 1.807) is 41.7 Å². The highest BCUT2D eigenvalue weighted by Gasteiger charge is 2.21. The van der Waals surface area contributed by atoms with Crippen LogP contribution in [-0.4, -0.2) is 46.6 Å². The normalized spacial score (nSPS) is 11.0. The maximum atomic E-state index is 13.0. The number of tetrazole rings is 1. The maximum Gasteiger partial charge on any atom is 0.365 e. The van der Waals surface area contributed by atoms with Crippen LogP contribution in [0.1, 0.15) is 29.9 Å². The Morgan fingerprint density at radius 2 is 2.16 bits per heavy atom. The minimum absolute atomic E-state index is 0.000768. The molecule has 130 valence electrons. The van der Waals surface area contributed by atoms with Gasteiger partial charge in [0, 0.05) is 24.8 Å². The molecule has 2 heterocycles. The molecule has 0 aliphatic rings. The number of hydrogen-bond donors (Lipinski definition) is 1. The van der Waals surface area contributed by atoms with Gasteiger partial charge in [-0.05, 0) is 42.5 Å². The maximum absolute atomic E-state index is 13.0. The average Bonchev–Trinajstić information content (AvgIpc) is 3.20. The number of imidazole rings is 1. The van der Waals surface area contributed by atoms with E-state index < -0.39 is 5.69 Å². The first-order valence-electron chi connectivity index (χ1n) is 7.84. The molecule has 0 aliphatic heterocycles. The number of aromatic nitrogens is 6. The second-order valence-electron chi connectivity index (χ2n) is 5.99. The number of nitrogens with one attached hydrogen (secondary N) is 1. The molecule has 2 aromatic heterocycles. The molecule has 1 amide bonds. The van der Waals surface area contributed by atoms with Crippen molar-refractivity contribution < 1.29 is 4.79 Å². The van der Waals surface area contributed by atoms with E-state index in [-0.39, 0.29) is 11.9 Å². The molecule has 0 saturated carbocycles. The Morgan fingerprint density at radius 1 is 1.36 bits per heavy atom. The topological polar surface area (TPSA) is 102 Å². The standard InChI is InChI=1S/C16H19N7O2/c1-11(2)22(9-14-8-17-10-21(14)3)15(24)12-5-4-6-13(7-12)23-16(25)18-19-20-23/h4-8,10-11H,9H2,1-3H3,(H,18,20,25). The second-order valence-corrected chi connectivity index (χ2v) is 5.99. The molecule has 3 rings (SSSR count). The van der Waals surface area contributed by atoms with Gasteiger partial charge < -0.3 is 9.47 Å². The molecular weight excluding hydrogens is 322 g/mol. The number of rotatable bonds is 5. The lowest BCUT2D eigenvalue weighted by Crippen LogP contribution is -2.37. The summed E-state index contributed by atoms with van der Waals surface area (Å²) >= 11 is 0. The molecule has 1 aromatic carbocycles. The van der Waals surface area contributed by atoms with E-state index in [1.807, 2.05) is 25.5 Å². The van der Waals surface area contributed by atoms with Gasteiger partial charge in [-0.25, -0.2) is 14.9 Å². The highest BCUT2D eigenvalue weighted by Crippen LogP contribution is 2.15. The van der Waals surface area contributed by atoms with E-state index in [2.05, 4.69) is 20.5 Å². The van der Waals surface area contributed by atoms with Crippen molar-refractivity contribution in [1.29, 1.82) is 0 Å². The summed E-state index contributed by atoms with van der Waals surface area (Å²) in [5.74, 6) is -0.130. The second kappa shape index (κ2) is 6.71. The van der Waals surface area contributed by atoms with E-state index in [1.165, 1.54) is 0 Å². The van der Waals surface area contributed by atoms with Crippen molar-refractivity contribution in [2.75, 3.05) is 0 Å². The third kappa shape index (κ3) is 3.35. The molecule has 0 saturated heterocycles. The van der Waals surface area contributed by atoms with E-state index in [4.69, 9.17) is 0 Å². The summed E-state index contributed by atoms with van der Waals surface area (Å²) in [6.07, 6.45) is 3.45. The fourth-order valence-electron chi connectivity index (χ4n) is 2.50. The molecule has 1 N–H and O–H groups in total. The molecule has 3 aromatic rings. The van der Waals surface area contributed by atoms with Crippen molar-refractivity contribution in [1.82, 2.24) is 34.7 Å². The molecule has 0 bridgehead atoms. The number of carbonyl (C=O) groups is 1. The summed E-state index contributed by atoms with van der Waals surface area (Å²) in [6, 6.07) is 6.76. The first-order chi connectivity index (χ1) is 12.0. The zero-order chi connectivity index (χ0) is 18.0. The van der Waals surface area contributed by atoms with Gasteiger partial charge in [-0.15, -0.1) is 0 Å². The van der Waals surface area contributed by atoms with Gasteiger partial charge in [0.25, 0.3) is 5.91 Å². The van der Waals surface area contributed by atoms with Crippen LogP contribution < -0.4 is 5.69 Å². The Hall–Kier alpha value is -3.23. The minimum Gasteiger partial charge on any atom is -0.336 e. The van der Waals surface area contributed by atoms with Gasteiger partial charge in [-0.3, -0.25) is 4.79 Å². The Labute approximate surface area is 143 Å². The number of H-pyrrole nitrogens is 1. The van der Waals surface area contributed by atoms with Crippen LogP contribution in [0.25, 0.3) is 5.69 Å². The lowest BCUT2D eigenvalue weighted by molar-refractivity contribution is 0.0686. The molecule has 0 aliphatic carbocycles. The van der Waals surface area contributed by atoms with Crippen molar-refractivity contribution in [3.05, 3.63) is 58.5 Å². The van der Waals surface area contributed by atoms with Crippen molar-refractivity contribution in [3.63, 3.8) is 0 Å². The third-order valence-electron chi connectivity index (χ3n) is 3.94. The first-order valence-corrected chi connectivity index (χ1v) is 7.84. The largest absolute Gasteiger partial charge is 0.365 e. The van der Waals surface area contributed by atoms with Crippen LogP contribution in [0.4, 0.5) is 0 Å². The zero-order valence-electron chi connectivity index (χ0n) is 14.2. The highest BCUT2D eigenvalue weighted by atomic mass is 16.2. The molecule has 0 unspecified atom stereocenters. The van der Waals surface area contributed by atoms with Gasteiger partial charge in [0.15, 0.2) is 0 Å². The summed E-state index contributed by atoms with van der Waals surface area (Å²) < 4.78 is 2.99. The lowest BCUT2D eigenvalue weighted by Gasteiger charge is -2.27. The van der Waals surface area contributed by atoms with E-state index in [0.717, 1.165) is 10.4 Å². The predicted molar refractivity (Wildman–Crippen MR) is 90.2 cm³/mol. The van der Waals surface area contributed by atoms with Crippen LogP contribution in [0.3, 0.4) is 0 Å². The van der Waals surface area contributed by atoms with Crippen LogP contribution in [0.2, 0.25) is 0 Å². The van der Waals surface area contributed by atoms with Crippen molar-refractivity contribution in [2.24, 2.45) is 7.05 Å². The Morgan fingerprint density at radius 3 is 2.76 bits per heavy atom. The van der Waals surface area contributed by atoms with Crippen molar-refractivity contribution >= 4 is 5.91 Å². The fourth-order valence-corrected chi connectivity index (χ4v) is 2.50. The van der Waals surface area contributed by atoms with Gasteiger partial charge in [-0.1, -0.05) is 6.07 Å². The summed E-state index contributed by atoms with van der Waals surface area (Å²) in [6.45, 7) is 4.36. The fraction of sp³-hybridized carbons (Fsp3) is 0.312. The lowest BCUT2D eigenvalue weighted by atomic mass is 10.1. The predicted octanol–water partition coefficient (Wildman–Crippen LogP) is 0.740. The molecule has 9 heteroatoms. The minimum atomic E-state index is -0.458. The number of aromatic amines is 1. The number of carbonyl (C=O) groups excluding carboxylic acids is 1. The number of aryl methyl sites for hydroxylation is 1. The van der Waals surface area contributed by atoms with Crippen LogP contribution >= 0.6 is 0 Å². The molecule has 25 heavy (non-hydrogen) atoms. The van der Waals surface area contributed by atoms with E-state index >= 15 is 0 Å². The molecule has 0 fully saturated rings. The Bertz CT molecular complexity index is 938. The summed E-state index contributed by atoms with van der Waals surface area (Å²) in [5.41, 5.74) is 1.43. The number of amides is 1. The summed E-state index contributed by atoms with van der Waals surface area (Å²) in [4.78, 5) is 30.5. The van der Waals surface area contributed by atoms with Crippen molar-refractivity contribution in [3.8, 4) is 5.69 Å². The van der Waals surface area contributed by atoms with Gasteiger partial charge in [0.1, 0.15) is 0 Å². The summed E-state index contributed by atoms with van der Waals surface area (Å²) in [7, 11) is 1.89. The van der Waals surface area contributed by atoms with Gasteiger partial charge in [-0.2, -0.15) is 4.68 Å². The molecule has 0 radical (unpaired) electrons. The van der Waals surface area contributed by atoms with Gasteiger partial charge in [0.2, 0.25) is 0 Å². The van der Waals surface area contributed by atoms with Crippen molar-refractivity contribution in [2.45, 2.75) is 26.4 Å². The van der Waals surface area contributed by atoms with Crippen LogP contribution in [0, 0.1) is 0 Å². The molecular formula is C16H19N7O2. The number of hydrogen-bond acceptors (Lipinski definition) is 5. The molecule has 9 nitrogen and oxygen atoms in total. The van der Waals surface area contributed by atoms with Crippen LogP contribution in [0.5, 0.6) is 0 Å². The number of benzene rings is 1. The monoisotopic (exact) mass is 341 g/mol.